The number of fused-ring (bicyclic) bond motifs is 1. The van der Waals surface area contributed by atoms with Crippen molar-refractivity contribution in [1.29, 1.82) is 0 Å². The molecule has 1 saturated heterocycles. The van der Waals surface area contributed by atoms with E-state index in [0.717, 1.165) is 4.57 Å². The summed E-state index contributed by atoms with van der Waals surface area (Å²) in [7, 11) is 0. The first kappa shape index (κ1) is 24.7. The Morgan fingerprint density at radius 1 is 1.18 bits per heavy atom. The van der Waals surface area contributed by atoms with Crippen molar-refractivity contribution in [3.8, 4) is 0 Å². The number of nitrogens with zero attached hydrogens (tertiary/aromatic N) is 5. The number of rotatable bonds is 5. The summed E-state index contributed by atoms with van der Waals surface area (Å²) in [5.74, 6) is -2.32. The van der Waals surface area contributed by atoms with Gasteiger partial charge in [0, 0.05) is 39.0 Å². The van der Waals surface area contributed by atoms with Crippen molar-refractivity contribution in [2.45, 2.75) is 70.7 Å². The number of amides is 3. The fourth-order valence-electron chi connectivity index (χ4n) is 3.70. The third-order valence-corrected chi connectivity index (χ3v) is 5.17. The van der Waals surface area contributed by atoms with E-state index in [2.05, 4.69) is 15.5 Å². The van der Waals surface area contributed by atoms with Crippen LogP contribution in [0.4, 0.5) is 22.4 Å². The first-order chi connectivity index (χ1) is 15.2. The van der Waals surface area contributed by atoms with E-state index in [-0.39, 0.29) is 51.4 Å². The molecule has 1 fully saturated rings. The van der Waals surface area contributed by atoms with Gasteiger partial charge in [0.05, 0.1) is 12.6 Å². The lowest BCUT2D eigenvalue weighted by Gasteiger charge is -2.31. The summed E-state index contributed by atoms with van der Waals surface area (Å²) in [6.07, 6.45) is -7.33. The largest absolute Gasteiger partial charge is 0.451 e. The molecule has 2 aliphatic rings. The summed E-state index contributed by atoms with van der Waals surface area (Å²) >= 11 is 0. The number of likely N-dealkylation sites (tertiary alicyclic amines) is 1. The SMILES string of the molecule is CC(C)(C)OC(=O)NC(CC(=O)N1CCn2c(nnc2C(F)(F)F)C1)CN1CCC(F)C1=O. The topological polar surface area (TPSA) is 110 Å². The molecule has 0 saturated carbocycles. The van der Waals surface area contributed by atoms with Crippen LogP contribution in [0.5, 0.6) is 0 Å². The second-order valence-corrected chi connectivity index (χ2v) is 8.99. The van der Waals surface area contributed by atoms with Crippen LogP contribution in [0.2, 0.25) is 0 Å². The maximum Gasteiger partial charge on any atom is 0.451 e. The van der Waals surface area contributed by atoms with Crippen molar-refractivity contribution in [2.75, 3.05) is 19.6 Å². The Morgan fingerprint density at radius 3 is 2.45 bits per heavy atom. The first-order valence-electron chi connectivity index (χ1n) is 10.4. The second kappa shape index (κ2) is 9.14. The minimum absolute atomic E-state index is 0.00596. The predicted molar refractivity (Wildman–Crippen MR) is 104 cm³/mol. The molecule has 0 aliphatic carbocycles. The maximum atomic E-state index is 13.6. The molecule has 3 amide bonds. The number of halogens is 4. The molecule has 0 radical (unpaired) electrons. The van der Waals surface area contributed by atoms with Gasteiger partial charge < -0.3 is 24.4 Å². The molecule has 1 aromatic rings. The van der Waals surface area contributed by atoms with E-state index in [4.69, 9.17) is 4.74 Å². The number of alkyl halides is 4. The van der Waals surface area contributed by atoms with Gasteiger partial charge in [-0.3, -0.25) is 9.59 Å². The van der Waals surface area contributed by atoms with Crippen LogP contribution in [-0.2, 0) is 33.6 Å². The normalized spacial score (nSPS) is 20.0. The molecule has 3 rings (SSSR count). The van der Waals surface area contributed by atoms with Gasteiger partial charge in [0.25, 0.3) is 5.91 Å². The third-order valence-electron chi connectivity index (χ3n) is 5.17. The molecule has 184 valence electrons. The maximum absolute atomic E-state index is 13.6. The van der Waals surface area contributed by atoms with E-state index >= 15 is 0 Å². The first-order valence-corrected chi connectivity index (χ1v) is 10.4. The lowest BCUT2D eigenvalue weighted by Crippen LogP contribution is -2.49. The molecule has 0 bridgehead atoms. The van der Waals surface area contributed by atoms with Crippen LogP contribution in [0.15, 0.2) is 0 Å². The predicted octanol–water partition coefficient (Wildman–Crippen LogP) is 1.49. The van der Waals surface area contributed by atoms with Crippen LogP contribution in [0.25, 0.3) is 0 Å². The monoisotopic (exact) mass is 478 g/mol. The number of carbonyl (C=O) groups is 3. The van der Waals surface area contributed by atoms with Crippen molar-refractivity contribution in [3.05, 3.63) is 11.6 Å². The molecule has 33 heavy (non-hydrogen) atoms. The molecule has 10 nitrogen and oxygen atoms in total. The smallest absolute Gasteiger partial charge is 0.444 e. The van der Waals surface area contributed by atoms with Crippen molar-refractivity contribution in [2.24, 2.45) is 0 Å². The molecule has 2 aliphatic heterocycles. The van der Waals surface area contributed by atoms with Gasteiger partial charge in [-0.05, 0) is 20.8 Å². The number of ether oxygens (including phenoxy) is 1. The summed E-state index contributed by atoms with van der Waals surface area (Å²) in [6, 6.07) is -0.882. The number of hydrogen-bond donors (Lipinski definition) is 1. The number of hydrogen-bond acceptors (Lipinski definition) is 6. The Hall–Kier alpha value is -2.93. The Bertz CT molecular complexity index is 913. The zero-order valence-electron chi connectivity index (χ0n) is 18.5. The standard InChI is InChI=1S/C19H26F4N6O4/c1-18(2,3)33-17(32)24-11(9-28-5-4-12(20)15(28)31)8-14(30)27-6-7-29-13(10-27)25-26-16(29)19(21,22)23/h11-12H,4-10H2,1-3H3,(H,24,32). The molecular weight excluding hydrogens is 452 g/mol. The average Bonchev–Trinajstić information content (AvgIpc) is 3.24. The van der Waals surface area contributed by atoms with Crippen molar-refractivity contribution < 1.29 is 36.7 Å². The Morgan fingerprint density at radius 2 is 1.88 bits per heavy atom. The van der Waals surface area contributed by atoms with Crippen LogP contribution in [-0.4, -0.2) is 79.9 Å². The zero-order valence-corrected chi connectivity index (χ0v) is 18.5. The lowest BCUT2D eigenvalue weighted by molar-refractivity contribution is -0.148. The highest BCUT2D eigenvalue weighted by Gasteiger charge is 2.40. The summed E-state index contributed by atoms with van der Waals surface area (Å²) < 4.78 is 58.8. The summed E-state index contributed by atoms with van der Waals surface area (Å²) in [4.78, 5) is 39.6. The number of alkyl carbamates (subject to hydrolysis) is 1. The van der Waals surface area contributed by atoms with Crippen LogP contribution in [0, 0.1) is 0 Å². The molecule has 3 heterocycles. The number of nitrogens with one attached hydrogen (secondary N) is 1. The minimum Gasteiger partial charge on any atom is -0.444 e. The Balaban J connectivity index is 1.68. The molecule has 0 spiro atoms. The van der Waals surface area contributed by atoms with Gasteiger partial charge in [-0.1, -0.05) is 0 Å². The fraction of sp³-hybridized carbons (Fsp3) is 0.737. The van der Waals surface area contributed by atoms with Crippen molar-refractivity contribution >= 4 is 17.9 Å². The Kier molecular flexibility index (Phi) is 6.84. The fourth-order valence-corrected chi connectivity index (χ4v) is 3.70. The van der Waals surface area contributed by atoms with E-state index in [1.54, 1.807) is 20.8 Å². The van der Waals surface area contributed by atoms with Gasteiger partial charge in [0.1, 0.15) is 5.60 Å². The molecule has 1 N–H and O–H groups in total. The zero-order chi connectivity index (χ0) is 24.6. The highest BCUT2D eigenvalue weighted by molar-refractivity contribution is 5.83. The molecule has 2 unspecified atom stereocenters. The van der Waals surface area contributed by atoms with Crippen LogP contribution >= 0.6 is 0 Å². The van der Waals surface area contributed by atoms with Crippen LogP contribution in [0.3, 0.4) is 0 Å². The van der Waals surface area contributed by atoms with E-state index in [1.807, 2.05) is 0 Å². The second-order valence-electron chi connectivity index (χ2n) is 8.99. The molecule has 2 atom stereocenters. The molecular formula is C19H26F4N6O4. The van der Waals surface area contributed by atoms with Gasteiger partial charge in [-0.15, -0.1) is 10.2 Å². The summed E-state index contributed by atoms with van der Waals surface area (Å²) in [5.41, 5.74) is -0.806. The van der Waals surface area contributed by atoms with Crippen LogP contribution < -0.4 is 5.32 Å². The number of aromatic nitrogens is 3. The number of carbonyl (C=O) groups excluding carboxylic acids is 3. The molecule has 14 heteroatoms. The summed E-state index contributed by atoms with van der Waals surface area (Å²) in [6.45, 7) is 4.68. The van der Waals surface area contributed by atoms with Crippen molar-refractivity contribution in [3.63, 3.8) is 0 Å². The van der Waals surface area contributed by atoms with E-state index in [9.17, 15) is 31.9 Å². The minimum atomic E-state index is -4.66. The van der Waals surface area contributed by atoms with Gasteiger partial charge in [0.2, 0.25) is 11.7 Å². The molecule has 0 aromatic carbocycles. The average molecular weight is 478 g/mol. The Labute approximate surface area is 187 Å². The van der Waals surface area contributed by atoms with E-state index in [1.165, 1.54) is 9.80 Å². The van der Waals surface area contributed by atoms with Gasteiger partial charge in [-0.2, -0.15) is 13.2 Å². The summed E-state index contributed by atoms with van der Waals surface area (Å²) in [5, 5.41) is 9.26. The molecule has 1 aromatic heterocycles. The lowest BCUT2D eigenvalue weighted by atomic mass is 10.1. The van der Waals surface area contributed by atoms with E-state index in [0.29, 0.717) is 0 Å². The quantitative estimate of drug-likeness (QED) is 0.643. The van der Waals surface area contributed by atoms with Gasteiger partial charge in [-0.25, -0.2) is 9.18 Å². The third kappa shape index (κ3) is 6.11. The van der Waals surface area contributed by atoms with Gasteiger partial charge >= 0.3 is 12.3 Å². The van der Waals surface area contributed by atoms with E-state index < -0.39 is 47.7 Å². The van der Waals surface area contributed by atoms with Gasteiger partial charge in [0.15, 0.2) is 12.0 Å². The van der Waals surface area contributed by atoms with Crippen molar-refractivity contribution in [1.82, 2.24) is 29.9 Å². The highest BCUT2D eigenvalue weighted by atomic mass is 19.4. The van der Waals surface area contributed by atoms with Crippen LogP contribution in [0.1, 0.15) is 45.3 Å². The highest BCUT2D eigenvalue weighted by Crippen LogP contribution is 2.29.